The number of hydrogen-bond donors (Lipinski definition) is 1. The SMILES string of the molecule is CCCCC(CC)Cn1cncc1C1CCCCN1. The maximum absolute atomic E-state index is 4.39. The van der Waals surface area contributed by atoms with Crippen molar-refractivity contribution in [2.75, 3.05) is 6.54 Å². The molecule has 1 aliphatic rings. The summed E-state index contributed by atoms with van der Waals surface area (Å²) < 4.78 is 2.40. The fraction of sp³-hybridized carbons (Fsp3) is 0.812. The molecule has 1 aromatic rings. The Hall–Kier alpha value is -0.830. The van der Waals surface area contributed by atoms with Gasteiger partial charge in [0.1, 0.15) is 0 Å². The van der Waals surface area contributed by atoms with Crippen molar-refractivity contribution in [2.45, 2.75) is 71.4 Å². The van der Waals surface area contributed by atoms with E-state index < -0.39 is 0 Å². The van der Waals surface area contributed by atoms with Gasteiger partial charge in [-0.3, -0.25) is 0 Å². The molecular formula is C16H29N3. The van der Waals surface area contributed by atoms with Crippen LogP contribution in [0.5, 0.6) is 0 Å². The third-order valence-corrected chi connectivity index (χ3v) is 4.41. The van der Waals surface area contributed by atoms with Crippen LogP contribution in [0.4, 0.5) is 0 Å². The quantitative estimate of drug-likeness (QED) is 0.808. The fourth-order valence-electron chi connectivity index (χ4n) is 3.07. The smallest absolute Gasteiger partial charge is 0.0948 e. The van der Waals surface area contributed by atoms with Gasteiger partial charge in [-0.15, -0.1) is 0 Å². The standard InChI is InChI=1S/C16H29N3/c1-3-5-8-14(4-2)12-19-13-17-11-16(19)15-9-6-7-10-18-15/h11,13-15,18H,3-10,12H2,1-2H3. The predicted molar refractivity (Wildman–Crippen MR) is 80.1 cm³/mol. The molecule has 3 nitrogen and oxygen atoms in total. The number of imidazole rings is 1. The van der Waals surface area contributed by atoms with Crippen LogP contribution in [0.2, 0.25) is 0 Å². The molecule has 108 valence electrons. The number of hydrogen-bond acceptors (Lipinski definition) is 2. The van der Waals surface area contributed by atoms with E-state index in [2.05, 4.69) is 34.9 Å². The van der Waals surface area contributed by atoms with Gasteiger partial charge in [-0.2, -0.15) is 0 Å². The Morgan fingerprint density at radius 1 is 1.42 bits per heavy atom. The number of aromatic nitrogens is 2. The predicted octanol–water partition coefficient (Wildman–Crippen LogP) is 3.91. The van der Waals surface area contributed by atoms with Crippen molar-refractivity contribution in [3.63, 3.8) is 0 Å². The van der Waals surface area contributed by atoms with E-state index in [4.69, 9.17) is 0 Å². The van der Waals surface area contributed by atoms with Crippen LogP contribution in [-0.4, -0.2) is 16.1 Å². The Bertz CT molecular complexity index is 353. The zero-order valence-electron chi connectivity index (χ0n) is 12.6. The monoisotopic (exact) mass is 263 g/mol. The maximum atomic E-state index is 4.39. The first-order chi connectivity index (χ1) is 9.35. The molecule has 0 amide bonds. The highest BCUT2D eigenvalue weighted by Gasteiger charge is 2.19. The summed E-state index contributed by atoms with van der Waals surface area (Å²) in [6, 6.07) is 0.528. The number of piperidine rings is 1. The molecule has 0 aliphatic carbocycles. The zero-order chi connectivity index (χ0) is 13.5. The van der Waals surface area contributed by atoms with Gasteiger partial charge in [-0.05, 0) is 31.7 Å². The van der Waals surface area contributed by atoms with Crippen molar-refractivity contribution < 1.29 is 0 Å². The van der Waals surface area contributed by atoms with Crippen molar-refractivity contribution in [1.29, 1.82) is 0 Å². The second kappa shape index (κ2) is 7.68. The summed E-state index contributed by atoms with van der Waals surface area (Å²) >= 11 is 0. The molecule has 0 spiro atoms. The summed E-state index contributed by atoms with van der Waals surface area (Å²) in [5.41, 5.74) is 1.40. The number of unbranched alkanes of at least 4 members (excludes halogenated alkanes) is 1. The van der Waals surface area contributed by atoms with Crippen LogP contribution in [0, 0.1) is 5.92 Å². The van der Waals surface area contributed by atoms with E-state index in [1.54, 1.807) is 0 Å². The minimum Gasteiger partial charge on any atom is -0.333 e. The molecule has 0 bridgehead atoms. The lowest BCUT2D eigenvalue weighted by molar-refractivity contribution is 0.355. The third kappa shape index (κ3) is 4.07. The fourth-order valence-corrected chi connectivity index (χ4v) is 3.07. The van der Waals surface area contributed by atoms with Crippen molar-refractivity contribution in [3.05, 3.63) is 18.2 Å². The molecule has 1 N–H and O–H groups in total. The zero-order valence-corrected chi connectivity index (χ0v) is 12.6. The lowest BCUT2D eigenvalue weighted by atomic mass is 9.98. The van der Waals surface area contributed by atoms with Crippen LogP contribution >= 0.6 is 0 Å². The van der Waals surface area contributed by atoms with Gasteiger partial charge < -0.3 is 9.88 Å². The Morgan fingerprint density at radius 2 is 2.32 bits per heavy atom. The van der Waals surface area contributed by atoms with Crippen LogP contribution in [0.15, 0.2) is 12.5 Å². The minimum absolute atomic E-state index is 0.528. The maximum Gasteiger partial charge on any atom is 0.0948 e. The van der Waals surface area contributed by atoms with Gasteiger partial charge in [0.25, 0.3) is 0 Å². The lowest BCUT2D eigenvalue weighted by Crippen LogP contribution is -2.29. The van der Waals surface area contributed by atoms with Crippen molar-refractivity contribution in [3.8, 4) is 0 Å². The van der Waals surface area contributed by atoms with Gasteiger partial charge in [0.05, 0.1) is 12.0 Å². The van der Waals surface area contributed by atoms with Gasteiger partial charge in [-0.1, -0.05) is 39.5 Å². The van der Waals surface area contributed by atoms with Crippen LogP contribution in [0.3, 0.4) is 0 Å². The summed E-state index contributed by atoms with van der Waals surface area (Å²) in [5, 5.41) is 3.64. The van der Waals surface area contributed by atoms with E-state index >= 15 is 0 Å². The van der Waals surface area contributed by atoms with Crippen molar-refractivity contribution in [2.24, 2.45) is 5.92 Å². The van der Waals surface area contributed by atoms with E-state index in [9.17, 15) is 0 Å². The Balaban J connectivity index is 1.97. The van der Waals surface area contributed by atoms with Gasteiger partial charge >= 0.3 is 0 Å². The first-order valence-electron chi connectivity index (χ1n) is 8.08. The Morgan fingerprint density at radius 3 is 3.00 bits per heavy atom. The average molecular weight is 263 g/mol. The summed E-state index contributed by atoms with van der Waals surface area (Å²) in [6.45, 7) is 6.89. The van der Waals surface area contributed by atoms with E-state index in [1.165, 1.54) is 50.6 Å². The van der Waals surface area contributed by atoms with Crippen LogP contribution in [0.25, 0.3) is 0 Å². The highest BCUT2D eigenvalue weighted by molar-refractivity contribution is 5.06. The Kier molecular flexibility index (Phi) is 5.90. The first kappa shape index (κ1) is 14.6. The molecule has 0 saturated carbocycles. The minimum atomic E-state index is 0.528. The normalized spacial score (nSPS) is 21.5. The van der Waals surface area contributed by atoms with Crippen LogP contribution in [0.1, 0.15) is 70.5 Å². The van der Waals surface area contributed by atoms with Crippen LogP contribution in [-0.2, 0) is 6.54 Å². The second-order valence-electron chi connectivity index (χ2n) is 5.89. The van der Waals surface area contributed by atoms with E-state index in [0.29, 0.717) is 6.04 Å². The Labute approximate surface area is 117 Å². The molecule has 0 aromatic carbocycles. The van der Waals surface area contributed by atoms with Gasteiger partial charge in [-0.25, -0.2) is 4.98 Å². The molecule has 0 radical (unpaired) electrons. The number of nitrogens with zero attached hydrogens (tertiary/aromatic N) is 2. The highest BCUT2D eigenvalue weighted by atomic mass is 15.1. The lowest BCUT2D eigenvalue weighted by Gasteiger charge is -2.25. The van der Waals surface area contributed by atoms with Crippen molar-refractivity contribution in [1.82, 2.24) is 14.9 Å². The van der Waals surface area contributed by atoms with Gasteiger partial charge in [0.15, 0.2) is 0 Å². The molecule has 1 saturated heterocycles. The summed E-state index contributed by atoms with van der Waals surface area (Å²) in [7, 11) is 0. The van der Waals surface area contributed by atoms with Crippen LogP contribution < -0.4 is 5.32 Å². The first-order valence-corrected chi connectivity index (χ1v) is 8.08. The molecule has 3 heteroatoms. The highest BCUT2D eigenvalue weighted by Crippen LogP contribution is 2.24. The molecule has 2 heterocycles. The molecule has 1 fully saturated rings. The molecule has 2 rings (SSSR count). The number of nitrogens with one attached hydrogen (secondary N) is 1. The number of rotatable bonds is 7. The second-order valence-corrected chi connectivity index (χ2v) is 5.89. The van der Waals surface area contributed by atoms with Gasteiger partial charge in [0, 0.05) is 18.8 Å². The average Bonchev–Trinajstić information content (AvgIpc) is 2.92. The van der Waals surface area contributed by atoms with E-state index in [1.807, 2.05) is 6.33 Å². The topological polar surface area (TPSA) is 29.9 Å². The molecular weight excluding hydrogens is 234 g/mol. The van der Waals surface area contributed by atoms with E-state index in [0.717, 1.165) is 19.0 Å². The molecule has 2 atom stereocenters. The third-order valence-electron chi connectivity index (χ3n) is 4.41. The molecule has 1 aromatic heterocycles. The molecule has 1 aliphatic heterocycles. The summed E-state index contributed by atoms with van der Waals surface area (Å²) in [4.78, 5) is 4.39. The summed E-state index contributed by atoms with van der Waals surface area (Å²) in [5.74, 6) is 0.802. The molecule has 2 unspecified atom stereocenters. The molecule has 19 heavy (non-hydrogen) atoms. The largest absolute Gasteiger partial charge is 0.333 e. The van der Waals surface area contributed by atoms with Crippen molar-refractivity contribution >= 4 is 0 Å². The summed E-state index contributed by atoms with van der Waals surface area (Å²) in [6.07, 6.45) is 13.3. The van der Waals surface area contributed by atoms with Gasteiger partial charge in [0.2, 0.25) is 0 Å². The van der Waals surface area contributed by atoms with E-state index in [-0.39, 0.29) is 0 Å².